The molecule has 0 bridgehead atoms. The van der Waals surface area contributed by atoms with Crippen LogP contribution in [0.4, 0.5) is 0 Å². The average Bonchev–Trinajstić information content (AvgIpc) is 2.61. The average molecular weight is 260 g/mol. The van der Waals surface area contributed by atoms with E-state index in [4.69, 9.17) is 16.7 Å². The highest BCUT2D eigenvalue weighted by atomic mass is 35.5. The van der Waals surface area contributed by atoms with Gasteiger partial charge in [0.15, 0.2) is 0 Å². The van der Waals surface area contributed by atoms with Crippen LogP contribution in [0.5, 0.6) is 0 Å². The fourth-order valence-electron chi connectivity index (χ4n) is 1.33. The molecule has 0 atom stereocenters. The molecule has 3 nitrogen and oxygen atoms in total. The van der Waals surface area contributed by atoms with Crippen LogP contribution in [0.3, 0.4) is 0 Å². The molecule has 16 heavy (non-hydrogen) atoms. The number of rotatable bonds is 7. The van der Waals surface area contributed by atoms with Crippen LogP contribution in [0.2, 0.25) is 4.34 Å². The Morgan fingerprint density at radius 2 is 2.38 bits per heavy atom. The largest absolute Gasteiger partial charge is 0.481 e. The van der Waals surface area contributed by atoms with Crippen molar-refractivity contribution in [1.29, 1.82) is 0 Å². The van der Waals surface area contributed by atoms with E-state index in [2.05, 4.69) is 6.58 Å². The topological polar surface area (TPSA) is 40.5 Å². The molecule has 0 unspecified atom stereocenters. The fourth-order valence-corrected chi connectivity index (χ4v) is 2.46. The van der Waals surface area contributed by atoms with Gasteiger partial charge in [-0.05, 0) is 12.1 Å². The zero-order chi connectivity index (χ0) is 12.0. The van der Waals surface area contributed by atoms with Crippen molar-refractivity contribution >= 4 is 28.9 Å². The minimum absolute atomic E-state index is 0.146. The molecule has 0 amide bonds. The van der Waals surface area contributed by atoms with E-state index < -0.39 is 5.97 Å². The van der Waals surface area contributed by atoms with Gasteiger partial charge in [0.25, 0.3) is 0 Å². The van der Waals surface area contributed by atoms with Crippen LogP contribution in [-0.4, -0.2) is 29.1 Å². The minimum Gasteiger partial charge on any atom is -0.481 e. The van der Waals surface area contributed by atoms with Crippen molar-refractivity contribution in [2.75, 3.05) is 13.1 Å². The molecule has 0 aromatic carbocycles. The molecular weight excluding hydrogens is 246 g/mol. The molecule has 1 rings (SSSR count). The third kappa shape index (κ3) is 4.79. The van der Waals surface area contributed by atoms with Crippen molar-refractivity contribution in [3.8, 4) is 0 Å². The van der Waals surface area contributed by atoms with Gasteiger partial charge < -0.3 is 5.11 Å². The van der Waals surface area contributed by atoms with Gasteiger partial charge in [-0.1, -0.05) is 17.7 Å². The van der Waals surface area contributed by atoms with Crippen LogP contribution < -0.4 is 0 Å². The number of hydrogen-bond donors (Lipinski definition) is 1. The monoisotopic (exact) mass is 259 g/mol. The SMILES string of the molecule is C=CCN(CCC(=O)O)Cc1ccc(Cl)s1. The predicted octanol–water partition coefficient (Wildman–Crippen LogP) is 2.86. The number of carboxylic acid groups (broad SMARTS) is 1. The molecule has 1 N–H and O–H groups in total. The third-order valence-corrected chi connectivity index (χ3v) is 3.25. The van der Waals surface area contributed by atoms with E-state index in [0.29, 0.717) is 13.1 Å². The van der Waals surface area contributed by atoms with Gasteiger partial charge in [0.05, 0.1) is 10.8 Å². The molecule has 5 heteroatoms. The molecule has 0 saturated carbocycles. The maximum Gasteiger partial charge on any atom is 0.304 e. The summed E-state index contributed by atoms with van der Waals surface area (Å²) >= 11 is 7.35. The van der Waals surface area contributed by atoms with Gasteiger partial charge >= 0.3 is 5.97 Å². The number of carbonyl (C=O) groups is 1. The number of nitrogens with zero attached hydrogens (tertiary/aromatic N) is 1. The van der Waals surface area contributed by atoms with Crippen LogP contribution in [0.25, 0.3) is 0 Å². The zero-order valence-electron chi connectivity index (χ0n) is 8.86. The first-order valence-electron chi connectivity index (χ1n) is 4.91. The lowest BCUT2D eigenvalue weighted by atomic mass is 10.3. The van der Waals surface area contributed by atoms with Crippen molar-refractivity contribution in [2.24, 2.45) is 0 Å². The van der Waals surface area contributed by atoms with E-state index in [0.717, 1.165) is 15.8 Å². The number of hydrogen-bond acceptors (Lipinski definition) is 3. The quantitative estimate of drug-likeness (QED) is 0.766. The zero-order valence-corrected chi connectivity index (χ0v) is 10.4. The Balaban J connectivity index is 2.49. The Morgan fingerprint density at radius 3 is 2.88 bits per heavy atom. The predicted molar refractivity (Wildman–Crippen MR) is 67.1 cm³/mol. The van der Waals surface area contributed by atoms with Crippen LogP contribution in [-0.2, 0) is 11.3 Å². The van der Waals surface area contributed by atoms with Crippen molar-refractivity contribution in [1.82, 2.24) is 4.90 Å². The van der Waals surface area contributed by atoms with Gasteiger partial charge in [-0.3, -0.25) is 9.69 Å². The lowest BCUT2D eigenvalue weighted by molar-refractivity contribution is -0.137. The highest BCUT2D eigenvalue weighted by Gasteiger charge is 2.08. The number of thiophene rings is 1. The Labute approximate surface area is 104 Å². The van der Waals surface area contributed by atoms with Gasteiger partial charge in [0, 0.05) is 24.5 Å². The van der Waals surface area contributed by atoms with Gasteiger partial charge in [0.1, 0.15) is 0 Å². The van der Waals surface area contributed by atoms with Gasteiger partial charge in [-0.2, -0.15) is 0 Å². The molecule has 0 aliphatic heterocycles. The minimum atomic E-state index is -0.779. The normalized spacial score (nSPS) is 10.6. The molecule has 0 fully saturated rings. The lowest BCUT2D eigenvalue weighted by Crippen LogP contribution is -2.25. The summed E-state index contributed by atoms with van der Waals surface area (Å²) in [6, 6.07) is 3.81. The molecular formula is C11H14ClNO2S. The van der Waals surface area contributed by atoms with Gasteiger partial charge in [-0.25, -0.2) is 0 Å². The molecule has 0 spiro atoms. The first-order chi connectivity index (χ1) is 7.61. The van der Waals surface area contributed by atoms with E-state index in [1.165, 1.54) is 11.3 Å². The summed E-state index contributed by atoms with van der Waals surface area (Å²) in [6.07, 6.45) is 1.92. The van der Waals surface area contributed by atoms with E-state index in [1.807, 2.05) is 17.0 Å². The molecule has 0 aliphatic carbocycles. The number of halogens is 1. The maximum absolute atomic E-state index is 10.5. The molecule has 1 heterocycles. The first-order valence-corrected chi connectivity index (χ1v) is 6.10. The second-order valence-corrected chi connectivity index (χ2v) is 5.17. The van der Waals surface area contributed by atoms with Crippen LogP contribution in [0.15, 0.2) is 24.8 Å². The van der Waals surface area contributed by atoms with Crippen molar-refractivity contribution in [2.45, 2.75) is 13.0 Å². The van der Waals surface area contributed by atoms with Gasteiger partial charge in [0.2, 0.25) is 0 Å². The Morgan fingerprint density at radius 1 is 1.62 bits per heavy atom. The number of aliphatic carboxylic acids is 1. The molecule has 0 aliphatic rings. The molecule has 0 radical (unpaired) electrons. The Kier molecular flexibility index (Phi) is 5.52. The van der Waals surface area contributed by atoms with Crippen molar-refractivity contribution in [3.63, 3.8) is 0 Å². The van der Waals surface area contributed by atoms with E-state index in [-0.39, 0.29) is 6.42 Å². The fraction of sp³-hybridized carbons (Fsp3) is 0.364. The smallest absolute Gasteiger partial charge is 0.304 e. The summed E-state index contributed by atoms with van der Waals surface area (Å²) in [7, 11) is 0. The molecule has 1 aromatic rings. The van der Waals surface area contributed by atoms with Crippen LogP contribution in [0, 0.1) is 0 Å². The summed E-state index contributed by atoms with van der Waals surface area (Å²) in [4.78, 5) is 13.7. The number of carboxylic acids is 1. The highest BCUT2D eigenvalue weighted by Crippen LogP contribution is 2.22. The first kappa shape index (κ1) is 13.2. The Bertz CT molecular complexity index is 365. The second-order valence-electron chi connectivity index (χ2n) is 3.37. The van der Waals surface area contributed by atoms with Crippen LogP contribution >= 0.6 is 22.9 Å². The van der Waals surface area contributed by atoms with E-state index >= 15 is 0 Å². The molecule has 0 saturated heterocycles. The summed E-state index contributed by atoms with van der Waals surface area (Å²) < 4.78 is 0.756. The van der Waals surface area contributed by atoms with Crippen molar-refractivity contribution in [3.05, 3.63) is 34.0 Å². The van der Waals surface area contributed by atoms with Crippen molar-refractivity contribution < 1.29 is 9.90 Å². The van der Waals surface area contributed by atoms with E-state index in [1.54, 1.807) is 6.08 Å². The summed E-state index contributed by atoms with van der Waals surface area (Å²) in [5.41, 5.74) is 0. The summed E-state index contributed by atoms with van der Waals surface area (Å²) in [6.45, 7) is 5.59. The van der Waals surface area contributed by atoms with Gasteiger partial charge in [-0.15, -0.1) is 17.9 Å². The molecule has 88 valence electrons. The lowest BCUT2D eigenvalue weighted by Gasteiger charge is -2.18. The third-order valence-electron chi connectivity index (χ3n) is 2.04. The molecule has 1 aromatic heterocycles. The highest BCUT2D eigenvalue weighted by molar-refractivity contribution is 7.16. The Hall–Kier alpha value is -0.840. The summed E-state index contributed by atoms with van der Waals surface area (Å²) in [5, 5.41) is 8.63. The second kappa shape index (κ2) is 6.68. The standard InChI is InChI=1S/C11H14ClNO2S/c1-2-6-13(7-5-11(14)15)8-9-3-4-10(12)16-9/h2-4H,1,5-8H2,(H,14,15). The summed E-state index contributed by atoms with van der Waals surface area (Å²) in [5.74, 6) is -0.779. The van der Waals surface area contributed by atoms with E-state index in [9.17, 15) is 4.79 Å². The maximum atomic E-state index is 10.5. The van der Waals surface area contributed by atoms with Crippen LogP contribution in [0.1, 0.15) is 11.3 Å².